The number of carbonyl (C=O) groups excluding carboxylic acids is 1. The molecule has 0 heterocycles. The minimum Gasteiger partial charge on any atom is -0.478 e. The van der Waals surface area contributed by atoms with Crippen LogP contribution in [0.3, 0.4) is 0 Å². The molecule has 0 aliphatic heterocycles. The fourth-order valence-corrected chi connectivity index (χ4v) is 2.01. The summed E-state index contributed by atoms with van der Waals surface area (Å²) >= 11 is 2.96. The van der Waals surface area contributed by atoms with E-state index in [4.69, 9.17) is 5.11 Å². The van der Waals surface area contributed by atoms with Crippen molar-refractivity contribution >= 4 is 33.5 Å². The molecule has 0 spiro atoms. The molecule has 0 bridgehead atoms. The van der Waals surface area contributed by atoms with Gasteiger partial charge in [0.2, 0.25) is 0 Å². The normalized spacial score (nSPS) is 10.2. The van der Waals surface area contributed by atoms with E-state index < -0.39 is 29.1 Å². The van der Waals surface area contributed by atoms with E-state index in [1.165, 1.54) is 24.3 Å². The number of rotatable bonds is 3. The van der Waals surface area contributed by atoms with E-state index in [9.17, 15) is 18.4 Å². The number of halogens is 3. The molecule has 2 aromatic rings. The number of carbonyl (C=O) groups is 2. The summed E-state index contributed by atoms with van der Waals surface area (Å²) in [6, 6.07) is 7.29. The fourth-order valence-electron chi connectivity index (χ4n) is 1.64. The maximum Gasteiger partial charge on any atom is 0.338 e. The lowest BCUT2D eigenvalue weighted by molar-refractivity contribution is 0.0692. The van der Waals surface area contributed by atoms with Gasteiger partial charge in [-0.25, -0.2) is 13.6 Å². The minimum absolute atomic E-state index is 0.0295. The van der Waals surface area contributed by atoms with Gasteiger partial charge in [-0.2, -0.15) is 0 Å². The Morgan fingerprint density at radius 1 is 1.10 bits per heavy atom. The van der Waals surface area contributed by atoms with Crippen LogP contribution in [-0.4, -0.2) is 17.0 Å². The first-order chi connectivity index (χ1) is 9.90. The van der Waals surface area contributed by atoms with Gasteiger partial charge < -0.3 is 10.4 Å². The van der Waals surface area contributed by atoms with Crippen molar-refractivity contribution in [1.29, 1.82) is 0 Å². The first kappa shape index (κ1) is 15.1. The van der Waals surface area contributed by atoms with Crippen LogP contribution < -0.4 is 5.32 Å². The minimum atomic E-state index is -1.41. The monoisotopic (exact) mass is 355 g/mol. The van der Waals surface area contributed by atoms with Crippen molar-refractivity contribution in [3.8, 4) is 0 Å². The van der Waals surface area contributed by atoms with Crippen molar-refractivity contribution in [2.24, 2.45) is 0 Å². The second kappa shape index (κ2) is 6.01. The molecular weight excluding hydrogens is 348 g/mol. The third-order valence-corrected chi connectivity index (χ3v) is 3.27. The van der Waals surface area contributed by atoms with Crippen molar-refractivity contribution in [1.82, 2.24) is 0 Å². The lowest BCUT2D eigenvalue weighted by Crippen LogP contribution is -2.14. The van der Waals surface area contributed by atoms with E-state index in [1.54, 1.807) is 0 Å². The van der Waals surface area contributed by atoms with Gasteiger partial charge in [0.15, 0.2) is 0 Å². The number of hydrogen-bond acceptors (Lipinski definition) is 2. The van der Waals surface area contributed by atoms with E-state index >= 15 is 0 Å². The molecule has 7 heteroatoms. The first-order valence-corrected chi connectivity index (χ1v) is 6.47. The summed E-state index contributed by atoms with van der Waals surface area (Å²) in [7, 11) is 0. The van der Waals surface area contributed by atoms with Crippen molar-refractivity contribution in [3.63, 3.8) is 0 Å². The molecule has 0 fully saturated rings. The van der Waals surface area contributed by atoms with Gasteiger partial charge >= 0.3 is 5.97 Å². The van der Waals surface area contributed by atoms with Crippen molar-refractivity contribution < 1.29 is 23.5 Å². The number of hydrogen-bond donors (Lipinski definition) is 2. The van der Waals surface area contributed by atoms with Gasteiger partial charge in [-0.15, -0.1) is 0 Å². The molecule has 0 aliphatic carbocycles. The summed E-state index contributed by atoms with van der Waals surface area (Å²) in [6.07, 6.45) is 0. The summed E-state index contributed by atoms with van der Waals surface area (Å²) in [5.41, 5.74) is -0.699. The largest absolute Gasteiger partial charge is 0.478 e. The summed E-state index contributed by atoms with van der Waals surface area (Å²) in [6.45, 7) is 0. The van der Waals surface area contributed by atoms with Crippen LogP contribution in [0.4, 0.5) is 14.5 Å². The van der Waals surface area contributed by atoms with E-state index in [1.807, 2.05) is 0 Å². The van der Waals surface area contributed by atoms with Crippen molar-refractivity contribution in [3.05, 3.63) is 63.6 Å². The molecule has 2 aromatic carbocycles. The Morgan fingerprint density at radius 3 is 2.43 bits per heavy atom. The van der Waals surface area contributed by atoms with Crippen LogP contribution in [0.2, 0.25) is 0 Å². The highest BCUT2D eigenvalue weighted by atomic mass is 79.9. The number of amides is 1. The highest BCUT2D eigenvalue weighted by Crippen LogP contribution is 2.20. The van der Waals surface area contributed by atoms with Crippen LogP contribution >= 0.6 is 15.9 Å². The quantitative estimate of drug-likeness (QED) is 0.882. The van der Waals surface area contributed by atoms with Gasteiger partial charge in [0, 0.05) is 5.69 Å². The van der Waals surface area contributed by atoms with E-state index in [0.29, 0.717) is 0 Å². The number of aromatic carboxylic acids is 1. The summed E-state index contributed by atoms with van der Waals surface area (Å²) in [4.78, 5) is 22.6. The van der Waals surface area contributed by atoms with Crippen LogP contribution in [-0.2, 0) is 0 Å². The molecule has 2 rings (SSSR count). The number of nitrogens with one attached hydrogen (secondary N) is 1. The highest BCUT2D eigenvalue weighted by Gasteiger charge is 2.16. The van der Waals surface area contributed by atoms with Gasteiger partial charge in [-0.3, -0.25) is 4.79 Å². The summed E-state index contributed by atoms with van der Waals surface area (Å²) < 4.78 is 27.4. The van der Waals surface area contributed by atoms with Crippen LogP contribution in [0.25, 0.3) is 0 Å². The Morgan fingerprint density at radius 2 is 1.81 bits per heavy atom. The lowest BCUT2D eigenvalue weighted by atomic mass is 10.1. The molecule has 21 heavy (non-hydrogen) atoms. The van der Waals surface area contributed by atoms with Gasteiger partial charge in [0.25, 0.3) is 5.91 Å². The SMILES string of the molecule is O=C(O)c1ccc(NC(=O)c2cccc(Br)c2F)cc1F. The lowest BCUT2D eigenvalue weighted by Gasteiger charge is -2.08. The predicted molar refractivity (Wildman–Crippen MR) is 75.4 cm³/mol. The van der Waals surface area contributed by atoms with Crippen LogP contribution in [0.1, 0.15) is 20.7 Å². The zero-order valence-electron chi connectivity index (χ0n) is 10.4. The van der Waals surface area contributed by atoms with E-state index in [0.717, 1.165) is 12.1 Å². The Hall–Kier alpha value is -2.28. The van der Waals surface area contributed by atoms with E-state index in [2.05, 4.69) is 21.2 Å². The van der Waals surface area contributed by atoms with Gasteiger partial charge in [-0.1, -0.05) is 6.07 Å². The van der Waals surface area contributed by atoms with E-state index in [-0.39, 0.29) is 15.7 Å². The molecule has 0 radical (unpaired) electrons. The van der Waals surface area contributed by atoms with Gasteiger partial charge in [0.1, 0.15) is 11.6 Å². The third kappa shape index (κ3) is 3.25. The molecule has 1 amide bonds. The van der Waals surface area contributed by atoms with Crippen LogP contribution in [0.15, 0.2) is 40.9 Å². The molecule has 108 valence electrons. The first-order valence-electron chi connectivity index (χ1n) is 5.68. The molecule has 0 saturated carbocycles. The zero-order valence-corrected chi connectivity index (χ0v) is 11.9. The van der Waals surface area contributed by atoms with Gasteiger partial charge in [-0.05, 0) is 46.3 Å². The Balaban J connectivity index is 2.26. The maximum absolute atomic E-state index is 13.7. The molecule has 0 atom stereocenters. The van der Waals surface area contributed by atoms with Crippen LogP contribution in [0, 0.1) is 11.6 Å². The summed E-state index contributed by atoms with van der Waals surface area (Å²) in [5, 5.41) is 11.0. The number of benzene rings is 2. The highest BCUT2D eigenvalue weighted by molar-refractivity contribution is 9.10. The van der Waals surface area contributed by atoms with Crippen LogP contribution in [0.5, 0.6) is 0 Å². The fraction of sp³-hybridized carbons (Fsp3) is 0. The standard InChI is InChI=1S/C14H8BrF2NO3/c15-10-3-1-2-9(12(10)17)13(19)18-7-4-5-8(14(20)21)11(16)6-7/h1-6H,(H,18,19)(H,20,21). The topological polar surface area (TPSA) is 66.4 Å². The maximum atomic E-state index is 13.7. The zero-order chi connectivity index (χ0) is 15.6. The Bertz CT molecular complexity index is 734. The summed E-state index contributed by atoms with van der Waals surface area (Å²) in [5.74, 6) is -3.91. The van der Waals surface area contributed by atoms with Crippen molar-refractivity contribution in [2.75, 3.05) is 5.32 Å². The molecular formula is C14H8BrF2NO3. The molecule has 0 saturated heterocycles. The average molecular weight is 356 g/mol. The molecule has 2 N–H and O–H groups in total. The smallest absolute Gasteiger partial charge is 0.338 e. The van der Waals surface area contributed by atoms with Crippen molar-refractivity contribution in [2.45, 2.75) is 0 Å². The molecule has 0 unspecified atom stereocenters. The number of anilines is 1. The van der Waals surface area contributed by atoms with Gasteiger partial charge in [0.05, 0.1) is 15.6 Å². The molecule has 0 aliphatic rings. The Labute approximate surface area is 126 Å². The Kier molecular flexibility index (Phi) is 4.32. The molecule has 4 nitrogen and oxygen atoms in total. The second-order valence-electron chi connectivity index (χ2n) is 4.06. The number of carboxylic acids is 1. The number of carboxylic acid groups (broad SMARTS) is 1. The second-order valence-corrected chi connectivity index (χ2v) is 4.91. The average Bonchev–Trinajstić information content (AvgIpc) is 2.41. The third-order valence-electron chi connectivity index (χ3n) is 2.65. The predicted octanol–water partition coefficient (Wildman–Crippen LogP) is 3.68. The molecule has 0 aromatic heterocycles.